The number of nitrogens with one attached hydrogen (secondary N) is 2. The van der Waals surface area contributed by atoms with Crippen molar-refractivity contribution in [2.75, 3.05) is 36.9 Å². The van der Waals surface area contributed by atoms with Crippen LogP contribution >= 0.6 is 0 Å². The molecule has 0 unspecified atom stereocenters. The van der Waals surface area contributed by atoms with Crippen LogP contribution in [0.3, 0.4) is 0 Å². The molecule has 1 saturated heterocycles. The number of carbonyl (C=O) groups excluding carboxylic acids is 1. The van der Waals surface area contributed by atoms with E-state index in [1.165, 1.54) is 17.7 Å². The maximum atomic E-state index is 13.3. The van der Waals surface area contributed by atoms with Gasteiger partial charge in [-0.25, -0.2) is 4.39 Å². The van der Waals surface area contributed by atoms with Gasteiger partial charge in [-0.15, -0.1) is 0 Å². The van der Waals surface area contributed by atoms with Crippen LogP contribution in [0, 0.1) is 5.82 Å². The highest BCUT2D eigenvalue weighted by Gasteiger charge is 2.24. The molecule has 6 heteroatoms. The van der Waals surface area contributed by atoms with Crippen LogP contribution in [0.5, 0.6) is 0 Å². The Bertz CT molecular complexity index is 843. The normalized spacial score (nSPS) is 18.7. The minimum absolute atomic E-state index is 0.234. The predicted octanol–water partition coefficient (Wildman–Crippen LogP) is 3.06. The average Bonchev–Trinajstić information content (AvgIpc) is 2.96. The molecule has 1 amide bonds. The third kappa shape index (κ3) is 3.61. The van der Waals surface area contributed by atoms with E-state index in [0.717, 1.165) is 38.5 Å². The summed E-state index contributed by atoms with van der Waals surface area (Å²) in [7, 11) is 0. The van der Waals surface area contributed by atoms with E-state index >= 15 is 0 Å². The van der Waals surface area contributed by atoms with Gasteiger partial charge < -0.3 is 15.4 Å². The molecule has 26 heavy (non-hydrogen) atoms. The number of nitrogens with zero attached hydrogens (tertiary/aromatic N) is 1. The van der Waals surface area contributed by atoms with Gasteiger partial charge in [-0.05, 0) is 35.9 Å². The van der Waals surface area contributed by atoms with Crippen molar-refractivity contribution in [3.8, 4) is 0 Å². The van der Waals surface area contributed by atoms with E-state index in [1.54, 1.807) is 12.3 Å². The standard InChI is InChI=1S/C20H20FN3O2/c21-15-3-6-17-18(20(25)23-19(17)11-15)12-22-16-4-1-14(2-5-16)13-24-7-9-26-10-8-24/h1-6,11-12,22H,7-10,13H2,(H,23,25)/b18-12-. The second-order valence-electron chi connectivity index (χ2n) is 6.43. The van der Waals surface area contributed by atoms with Crippen molar-refractivity contribution in [1.29, 1.82) is 0 Å². The molecule has 0 spiro atoms. The Labute approximate surface area is 151 Å². The van der Waals surface area contributed by atoms with Crippen molar-refractivity contribution < 1.29 is 13.9 Å². The van der Waals surface area contributed by atoms with Crippen LogP contribution in [-0.4, -0.2) is 37.1 Å². The molecule has 2 aromatic rings. The first-order chi connectivity index (χ1) is 12.7. The van der Waals surface area contributed by atoms with E-state index in [2.05, 4.69) is 27.7 Å². The number of benzene rings is 2. The number of morpholine rings is 1. The van der Waals surface area contributed by atoms with Crippen molar-refractivity contribution in [3.63, 3.8) is 0 Å². The van der Waals surface area contributed by atoms with E-state index in [4.69, 9.17) is 4.74 Å². The molecule has 0 aromatic heterocycles. The van der Waals surface area contributed by atoms with Gasteiger partial charge in [0.15, 0.2) is 0 Å². The first-order valence-corrected chi connectivity index (χ1v) is 8.66. The molecule has 5 nitrogen and oxygen atoms in total. The highest BCUT2D eigenvalue weighted by Crippen LogP contribution is 2.32. The Balaban J connectivity index is 1.43. The number of fused-ring (bicyclic) bond motifs is 1. The Morgan fingerprint density at radius 3 is 2.69 bits per heavy atom. The van der Waals surface area contributed by atoms with Crippen molar-refractivity contribution in [2.24, 2.45) is 0 Å². The highest BCUT2D eigenvalue weighted by molar-refractivity contribution is 6.31. The second-order valence-corrected chi connectivity index (χ2v) is 6.43. The van der Waals surface area contributed by atoms with E-state index in [9.17, 15) is 9.18 Å². The summed E-state index contributed by atoms with van der Waals surface area (Å²) in [5, 5.41) is 5.83. The van der Waals surface area contributed by atoms with Crippen LogP contribution in [0.4, 0.5) is 15.8 Å². The smallest absolute Gasteiger partial charge is 0.257 e. The summed E-state index contributed by atoms with van der Waals surface area (Å²) in [5.41, 5.74) is 3.84. The number of halogens is 1. The van der Waals surface area contributed by atoms with Crippen LogP contribution in [0.25, 0.3) is 5.57 Å². The molecule has 2 heterocycles. The van der Waals surface area contributed by atoms with Crippen molar-refractivity contribution >= 4 is 22.9 Å². The average molecular weight is 353 g/mol. The Hall–Kier alpha value is -2.70. The number of hydrogen-bond acceptors (Lipinski definition) is 4. The molecule has 0 bridgehead atoms. The Morgan fingerprint density at radius 1 is 1.15 bits per heavy atom. The zero-order chi connectivity index (χ0) is 17.9. The van der Waals surface area contributed by atoms with Gasteiger partial charge in [-0.1, -0.05) is 12.1 Å². The lowest BCUT2D eigenvalue weighted by Crippen LogP contribution is -2.35. The minimum Gasteiger partial charge on any atom is -0.379 e. The van der Waals surface area contributed by atoms with Gasteiger partial charge in [0, 0.05) is 37.1 Å². The van der Waals surface area contributed by atoms with Crippen LogP contribution in [0.1, 0.15) is 11.1 Å². The van der Waals surface area contributed by atoms with Crippen LogP contribution < -0.4 is 10.6 Å². The highest BCUT2D eigenvalue weighted by atomic mass is 19.1. The summed E-state index contributed by atoms with van der Waals surface area (Å²) in [6.45, 7) is 4.41. The van der Waals surface area contributed by atoms with Crippen LogP contribution in [-0.2, 0) is 16.1 Å². The third-order valence-electron chi connectivity index (χ3n) is 4.61. The second kappa shape index (κ2) is 7.27. The Kier molecular flexibility index (Phi) is 4.69. The molecule has 2 aliphatic heterocycles. The molecule has 4 rings (SSSR count). The van der Waals surface area contributed by atoms with Gasteiger partial charge in [0.25, 0.3) is 5.91 Å². The lowest BCUT2D eigenvalue weighted by atomic mass is 10.1. The summed E-state index contributed by atoms with van der Waals surface area (Å²) >= 11 is 0. The fourth-order valence-corrected chi connectivity index (χ4v) is 3.19. The molecule has 0 radical (unpaired) electrons. The first-order valence-electron chi connectivity index (χ1n) is 8.66. The van der Waals surface area contributed by atoms with Gasteiger partial charge in [-0.3, -0.25) is 9.69 Å². The maximum absolute atomic E-state index is 13.3. The number of anilines is 2. The quantitative estimate of drug-likeness (QED) is 0.830. The van der Waals surface area contributed by atoms with Gasteiger partial charge in [0.2, 0.25) is 0 Å². The third-order valence-corrected chi connectivity index (χ3v) is 4.61. The van der Waals surface area contributed by atoms with Crippen LogP contribution in [0.15, 0.2) is 48.7 Å². The summed E-state index contributed by atoms with van der Waals surface area (Å²) < 4.78 is 18.6. The monoisotopic (exact) mass is 353 g/mol. The van der Waals surface area contributed by atoms with Crippen molar-refractivity contribution in [1.82, 2.24) is 4.90 Å². The predicted molar refractivity (Wildman–Crippen MR) is 99.2 cm³/mol. The molecule has 2 N–H and O–H groups in total. The number of amides is 1. The molecule has 1 fully saturated rings. The van der Waals surface area contributed by atoms with E-state index in [-0.39, 0.29) is 11.7 Å². The molecule has 0 atom stereocenters. The van der Waals surface area contributed by atoms with Gasteiger partial charge >= 0.3 is 0 Å². The summed E-state index contributed by atoms with van der Waals surface area (Å²) in [6.07, 6.45) is 1.66. The number of hydrogen-bond donors (Lipinski definition) is 2. The summed E-state index contributed by atoms with van der Waals surface area (Å²) in [5.74, 6) is -0.601. The molecule has 0 aliphatic carbocycles. The van der Waals surface area contributed by atoms with Gasteiger partial charge in [-0.2, -0.15) is 0 Å². The summed E-state index contributed by atoms with van der Waals surface area (Å²) in [4.78, 5) is 14.4. The maximum Gasteiger partial charge on any atom is 0.257 e. The van der Waals surface area contributed by atoms with Crippen molar-refractivity contribution in [3.05, 3.63) is 65.6 Å². The molecular formula is C20H20FN3O2. The first kappa shape index (κ1) is 16.8. The fourth-order valence-electron chi connectivity index (χ4n) is 3.19. The lowest BCUT2D eigenvalue weighted by molar-refractivity contribution is -0.110. The zero-order valence-corrected chi connectivity index (χ0v) is 14.3. The van der Waals surface area contributed by atoms with Crippen LogP contribution in [0.2, 0.25) is 0 Å². The number of carbonyl (C=O) groups is 1. The largest absolute Gasteiger partial charge is 0.379 e. The van der Waals surface area contributed by atoms with Gasteiger partial charge in [0.1, 0.15) is 5.82 Å². The topological polar surface area (TPSA) is 53.6 Å². The van der Waals surface area contributed by atoms with Gasteiger partial charge in [0.05, 0.1) is 24.5 Å². The fraction of sp³-hybridized carbons (Fsp3) is 0.250. The van der Waals surface area contributed by atoms with E-state index in [1.807, 2.05) is 12.1 Å². The lowest BCUT2D eigenvalue weighted by Gasteiger charge is -2.26. The number of rotatable bonds is 4. The Morgan fingerprint density at radius 2 is 1.92 bits per heavy atom. The number of ether oxygens (including phenoxy) is 1. The zero-order valence-electron chi connectivity index (χ0n) is 14.3. The van der Waals surface area contributed by atoms with Crippen molar-refractivity contribution in [2.45, 2.75) is 6.54 Å². The van der Waals surface area contributed by atoms with E-state index < -0.39 is 0 Å². The molecular weight excluding hydrogens is 333 g/mol. The molecule has 2 aromatic carbocycles. The molecule has 134 valence electrons. The van der Waals surface area contributed by atoms with E-state index in [0.29, 0.717) is 16.8 Å². The molecule has 2 aliphatic rings. The summed E-state index contributed by atoms with van der Waals surface area (Å²) in [6, 6.07) is 12.4. The molecule has 0 saturated carbocycles. The SMILES string of the molecule is O=C1Nc2cc(F)ccc2/C1=C/Nc1ccc(CN2CCOCC2)cc1. The minimum atomic E-state index is -0.367.